The van der Waals surface area contributed by atoms with Crippen LogP contribution < -0.4 is 0 Å². The number of halogens is 1. The molecule has 0 aliphatic heterocycles. The summed E-state index contributed by atoms with van der Waals surface area (Å²) in [6.07, 6.45) is 0. The zero-order valence-corrected chi connectivity index (χ0v) is 13.8. The van der Waals surface area contributed by atoms with E-state index in [0.29, 0.717) is 6.04 Å². The van der Waals surface area contributed by atoms with Crippen LogP contribution in [-0.2, 0) is 6.54 Å². The molecule has 0 saturated heterocycles. The summed E-state index contributed by atoms with van der Waals surface area (Å²) < 4.78 is 2.26. The fourth-order valence-electron chi connectivity index (χ4n) is 2.36. The first-order valence-corrected chi connectivity index (χ1v) is 7.65. The minimum absolute atomic E-state index is 0.0776. The number of para-hydroxylation sites is 1. The fourth-order valence-corrected chi connectivity index (χ4v) is 2.53. The summed E-state index contributed by atoms with van der Waals surface area (Å²) in [5, 5.41) is -0.0776. The highest BCUT2D eigenvalue weighted by Crippen LogP contribution is 2.26. The van der Waals surface area contributed by atoms with E-state index in [2.05, 4.69) is 55.5 Å². The molecule has 1 aromatic heterocycles. The Balaban J connectivity index is 2.39. The first-order valence-electron chi connectivity index (χ1n) is 7.22. The molecule has 1 atom stereocenters. The van der Waals surface area contributed by atoms with Gasteiger partial charge in [0, 0.05) is 19.1 Å². The van der Waals surface area contributed by atoms with Crippen LogP contribution in [0.5, 0.6) is 0 Å². The Morgan fingerprint density at radius 1 is 1.30 bits per heavy atom. The van der Waals surface area contributed by atoms with Gasteiger partial charge in [-0.05, 0) is 46.4 Å². The van der Waals surface area contributed by atoms with Crippen molar-refractivity contribution in [2.75, 3.05) is 13.6 Å². The lowest BCUT2D eigenvalue weighted by atomic mass is 10.2. The molecule has 0 amide bonds. The van der Waals surface area contributed by atoms with Crippen molar-refractivity contribution < 1.29 is 0 Å². The van der Waals surface area contributed by atoms with E-state index < -0.39 is 0 Å². The van der Waals surface area contributed by atoms with Gasteiger partial charge in [0.15, 0.2) is 0 Å². The third-order valence-corrected chi connectivity index (χ3v) is 4.12. The summed E-state index contributed by atoms with van der Waals surface area (Å²) in [5.41, 5.74) is 3.46. The standard InChI is InChI=1S/C16H24ClN3/c1-11(2)19(5)9-10-20-14-8-6-7-12(3)15(14)18-16(20)13(4)17/h6-8,11,13H,9-10H2,1-5H3. The molecule has 0 fully saturated rings. The first-order chi connectivity index (χ1) is 9.41. The Kier molecular flexibility index (Phi) is 4.71. The summed E-state index contributed by atoms with van der Waals surface area (Å²) in [6, 6.07) is 6.87. The maximum absolute atomic E-state index is 6.31. The van der Waals surface area contributed by atoms with Crippen molar-refractivity contribution in [1.82, 2.24) is 14.5 Å². The Labute approximate surface area is 126 Å². The molecule has 2 rings (SSSR count). The third kappa shape index (κ3) is 2.99. The molecule has 1 unspecified atom stereocenters. The van der Waals surface area contributed by atoms with Crippen LogP contribution in [0.25, 0.3) is 11.0 Å². The summed E-state index contributed by atoms with van der Waals surface area (Å²) in [5.74, 6) is 0.966. The molecular weight excluding hydrogens is 270 g/mol. The molecule has 0 aliphatic carbocycles. The van der Waals surface area contributed by atoms with Gasteiger partial charge in [-0.1, -0.05) is 12.1 Å². The predicted octanol–water partition coefficient (Wildman–Crippen LogP) is 3.98. The van der Waals surface area contributed by atoms with E-state index in [0.717, 1.165) is 24.4 Å². The number of benzene rings is 1. The number of fused-ring (bicyclic) bond motifs is 1. The SMILES string of the molecule is Cc1cccc2c1nc(C(C)Cl)n2CCN(C)C(C)C. The molecule has 3 nitrogen and oxygen atoms in total. The third-order valence-electron chi connectivity index (χ3n) is 3.92. The number of likely N-dealkylation sites (N-methyl/N-ethyl adjacent to an activating group) is 1. The highest BCUT2D eigenvalue weighted by molar-refractivity contribution is 6.20. The van der Waals surface area contributed by atoms with Crippen LogP contribution in [0.3, 0.4) is 0 Å². The van der Waals surface area contributed by atoms with Crippen molar-refractivity contribution in [1.29, 1.82) is 0 Å². The minimum atomic E-state index is -0.0776. The minimum Gasteiger partial charge on any atom is -0.325 e. The van der Waals surface area contributed by atoms with Crippen molar-refractivity contribution in [3.8, 4) is 0 Å². The van der Waals surface area contributed by atoms with E-state index in [4.69, 9.17) is 16.6 Å². The number of hydrogen-bond acceptors (Lipinski definition) is 2. The molecule has 0 spiro atoms. The molecule has 2 aromatic rings. The second-order valence-electron chi connectivity index (χ2n) is 5.75. The molecule has 1 heterocycles. The van der Waals surface area contributed by atoms with Gasteiger partial charge in [0.25, 0.3) is 0 Å². The molecular formula is C16H24ClN3. The molecule has 1 aromatic carbocycles. The molecule has 0 saturated carbocycles. The lowest BCUT2D eigenvalue weighted by molar-refractivity contribution is 0.263. The van der Waals surface area contributed by atoms with Gasteiger partial charge in [-0.15, -0.1) is 11.6 Å². The Morgan fingerprint density at radius 2 is 2.00 bits per heavy atom. The van der Waals surface area contributed by atoms with Gasteiger partial charge in [-0.3, -0.25) is 0 Å². The molecule has 0 bridgehead atoms. The van der Waals surface area contributed by atoms with E-state index in [9.17, 15) is 0 Å². The summed E-state index contributed by atoms with van der Waals surface area (Å²) in [4.78, 5) is 7.08. The van der Waals surface area contributed by atoms with E-state index in [1.54, 1.807) is 0 Å². The second-order valence-corrected chi connectivity index (χ2v) is 6.41. The lowest BCUT2D eigenvalue weighted by Crippen LogP contribution is -2.30. The summed E-state index contributed by atoms with van der Waals surface area (Å²) in [6.45, 7) is 10.4. The van der Waals surface area contributed by atoms with Gasteiger partial charge in [0.05, 0.1) is 16.4 Å². The smallest absolute Gasteiger partial charge is 0.127 e. The predicted molar refractivity (Wildman–Crippen MR) is 86.5 cm³/mol. The number of nitrogens with zero attached hydrogens (tertiary/aromatic N) is 3. The van der Waals surface area contributed by atoms with Gasteiger partial charge in [-0.25, -0.2) is 4.98 Å². The Morgan fingerprint density at radius 3 is 2.60 bits per heavy atom. The monoisotopic (exact) mass is 293 g/mol. The van der Waals surface area contributed by atoms with Gasteiger partial charge in [0.1, 0.15) is 5.82 Å². The lowest BCUT2D eigenvalue weighted by Gasteiger charge is -2.22. The van der Waals surface area contributed by atoms with Crippen molar-refractivity contribution >= 4 is 22.6 Å². The molecule has 20 heavy (non-hydrogen) atoms. The van der Waals surface area contributed by atoms with Gasteiger partial charge >= 0.3 is 0 Å². The molecule has 4 heteroatoms. The maximum atomic E-state index is 6.31. The number of hydrogen-bond donors (Lipinski definition) is 0. The van der Waals surface area contributed by atoms with E-state index in [1.165, 1.54) is 11.1 Å². The van der Waals surface area contributed by atoms with Gasteiger partial charge in [0.2, 0.25) is 0 Å². The zero-order valence-electron chi connectivity index (χ0n) is 13.0. The highest BCUT2D eigenvalue weighted by Gasteiger charge is 2.16. The summed E-state index contributed by atoms with van der Waals surface area (Å²) in [7, 11) is 2.15. The van der Waals surface area contributed by atoms with Crippen molar-refractivity contribution in [3.05, 3.63) is 29.6 Å². The van der Waals surface area contributed by atoms with Crippen molar-refractivity contribution in [3.63, 3.8) is 0 Å². The number of aromatic nitrogens is 2. The van der Waals surface area contributed by atoms with Crippen LogP contribution in [0.1, 0.15) is 37.5 Å². The van der Waals surface area contributed by atoms with Crippen molar-refractivity contribution in [2.24, 2.45) is 0 Å². The van der Waals surface area contributed by atoms with E-state index >= 15 is 0 Å². The maximum Gasteiger partial charge on any atom is 0.127 e. The summed E-state index contributed by atoms with van der Waals surface area (Å²) >= 11 is 6.31. The van der Waals surface area contributed by atoms with Gasteiger partial charge in [-0.2, -0.15) is 0 Å². The second kappa shape index (κ2) is 6.15. The van der Waals surface area contributed by atoms with Crippen LogP contribution >= 0.6 is 11.6 Å². The highest BCUT2D eigenvalue weighted by atomic mass is 35.5. The Hall–Kier alpha value is -1.06. The van der Waals surface area contributed by atoms with Crippen molar-refractivity contribution in [2.45, 2.75) is 45.7 Å². The van der Waals surface area contributed by atoms with E-state index in [1.807, 2.05) is 6.92 Å². The van der Waals surface area contributed by atoms with E-state index in [-0.39, 0.29) is 5.38 Å². The quantitative estimate of drug-likeness (QED) is 0.777. The van der Waals surface area contributed by atoms with Crippen LogP contribution in [0, 0.1) is 6.92 Å². The normalized spacial score (nSPS) is 13.6. The zero-order chi connectivity index (χ0) is 14.9. The molecule has 110 valence electrons. The number of alkyl halides is 1. The first kappa shape index (κ1) is 15.3. The molecule has 0 aliphatic rings. The topological polar surface area (TPSA) is 21.1 Å². The average Bonchev–Trinajstić information content (AvgIpc) is 2.76. The molecule has 0 radical (unpaired) electrons. The van der Waals surface area contributed by atoms with Crippen LogP contribution in [0.2, 0.25) is 0 Å². The number of imidazole rings is 1. The number of aryl methyl sites for hydroxylation is 1. The Bertz CT molecular complexity index is 587. The fraction of sp³-hybridized carbons (Fsp3) is 0.562. The molecule has 0 N–H and O–H groups in total. The van der Waals surface area contributed by atoms with Crippen LogP contribution in [-0.4, -0.2) is 34.1 Å². The van der Waals surface area contributed by atoms with Crippen LogP contribution in [0.15, 0.2) is 18.2 Å². The van der Waals surface area contributed by atoms with Crippen LogP contribution in [0.4, 0.5) is 0 Å². The van der Waals surface area contributed by atoms with Gasteiger partial charge < -0.3 is 9.47 Å². The number of rotatable bonds is 5. The average molecular weight is 294 g/mol. The largest absolute Gasteiger partial charge is 0.325 e.